The zero-order chi connectivity index (χ0) is 22.2. The van der Waals surface area contributed by atoms with Gasteiger partial charge in [0.15, 0.2) is 6.61 Å². The Morgan fingerprint density at radius 1 is 1.06 bits per heavy atom. The summed E-state index contributed by atoms with van der Waals surface area (Å²) in [7, 11) is 0. The molecule has 2 fully saturated rings. The maximum absolute atomic E-state index is 12.5. The Hall–Kier alpha value is -2.64. The lowest BCUT2D eigenvalue weighted by Crippen LogP contribution is -2.50. The largest absolute Gasteiger partial charge is 0.455 e. The Labute approximate surface area is 183 Å². The van der Waals surface area contributed by atoms with Gasteiger partial charge < -0.3 is 14.5 Å². The fourth-order valence-electron chi connectivity index (χ4n) is 4.52. The highest BCUT2D eigenvalue weighted by molar-refractivity contribution is 5.81. The first-order valence-electron chi connectivity index (χ1n) is 11.4. The summed E-state index contributed by atoms with van der Waals surface area (Å²) in [5.74, 6) is 0.280. The number of anilines is 1. The van der Waals surface area contributed by atoms with E-state index in [4.69, 9.17) is 4.74 Å². The molecule has 0 radical (unpaired) electrons. The van der Waals surface area contributed by atoms with Crippen molar-refractivity contribution in [3.8, 4) is 0 Å². The van der Waals surface area contributed by atoms with Crippen molar-refractivity contribution in [3.05, 3.63) is 34.4 Å². The molecule has 1 saturated carbocycles. The highest BCUT2D eigenvalue weighted by Crippen LogP contribution is 2.32. The Morgan fingerprint density at radius 3 is 2.29 bits per heavy atom. The van der Waals surface area contributed by atoms with E-state index in [1.165, 1.54) is 31.4 Å². The lowest BCUT2D eigenvalue weighted by atomic mass is 9.80. The van der Waals surface area contributed by atoms with Gasteiger partial charge in [0.2, 0.25) is 0 Å². The van der Waals surface area contributed by atoms with Gasteiger partial charge in [-0.15, -0.1) is 0 Å². The van der Waals surface area contributed by atoms with E-state index >= 15 is 0 Å². The monoisotopic (exact) mass is 431 g/mol. The van der Waals surface area contributed by atoms with Crippen molar-refractivity contribution in [2.75, 3.05) is 37.7 Å². The van der Waals surface area contributed by atoms with E-state index in [2.05, 4.69) is 11.8 Å². The molecule has 0 bridgehead atoms. The molecule has 0 N–H and O–H groups in total. The number of benzene rings is 1. The number of nitrogens with zero attached hydrogens (tertiary/aromatic N) is 3. The van der Waals surface area contributed by atoms with Crippen molar-refractivity contribution >= 4 is 23.3 Å². The number of rotatable bonds is 8. The van der Waals surface area contributed by atoms with Crippen LogP contribution in [0.25, 0.3) is 0 Å². The molecule has 8 nitrogen and oxygen atoms in total. The molecule has 0 aromatic heterocycles. The number of hydrogen-bond acceptors (Lipinski definition) is 6. The molecule has 8 heteroatoms. The zero-order valence-electron chi connectivity index (χ0n) is 18.3. The first kappa shape index (κ1) is 23.0. The maximum Gasteiger partial charge on any atom is 0.309 e. The third-order valence-corrected chi connectivity index (χ3v) is 6.54. The summed E-state index contributed by atoms with van der Waals surface area (Å²) in [6.07, 6.45) is 7.63. The standard InChI is InChI=1S/C23H33N3O5/c1-2-3-4-18-5-7-19(8-6-18)23(28)31-17-22(27)25-15-13-24(14-16-25)20-9-11-21(12-10-20)26(29)30/h9-12,18-19H,2-8,13-17H2,1H3. The van der Waals surface area contributed by atoms with Gasteiger partial charge in [-0.3, -0.25) is 19.7 Å². The van der Waals surface area contributed by atoms with Crippen molar-refractivity contribution < 1.29 is 19.2 Å². The van der Waals surface area contributed by atoms with Crippen molar-refractivity contribution in [3.63, 3.8) is 0 Å². The fraction of sp³-hybridized carbons (Fsp3) is 0.652. The van der Waals surface area contributed by atoms with Crippen LogP contribution < -0.4 is 4.90 Å². The van der Waals surface area contributed by atoms with E-state index in [1.54, 1.807) is 17.0 Å². The molecule has 2 aliphatic rings. The first-order valence-corrected chi connectivity index (χ1v) is 11.4. The summed E-state index contributed by atoms with van der Waals surface area (Å²) >= 11 is 0. The van der Waals surface area contributed by atoms with Crippen LogP contribution in [0.5, 0.6) is 0 Å². The van der Waals surface area contributed by atoms with Crippen molar-refractivity contribution in [1.29, 1.82) is 0 Å². The molecule has 1 heterocycles. The van der Waals surface area contributed by atoms with Gasteiger partial charge in [0.05, 0.1) is 10.8 Å². The molecule has 1 aliphatic heterocycles. The first-order chi connectivity index (χ1) is 15.0. The summed E-state index contributed by atoms with van der Waals surface area (Å²) < 4.78 is 5.35. The number of carbonyl (C=O) groups is 2. The number of ether oxygens (including phenoxy) is 1. The van der Waals surface area contributed by atoms with Gasteiger partial charge in [-0.25, -0.2) is 0 Å². The SMILES string of the molecule is CCCCC1CCC(C(=O)OCC(=O)N2CCN(c3ccc([N+](=O)[O-])cc3)CC2)CC1. The third kappa shape index (κ3) is 6.42. The Balaban J connectivity index is 1.37. The van der Waals surface area contributed by atoms with Crippen LogP contribution in [0.1, 0.15) is 51.9 Å². The second-order valence-corrected chi connectivity index (χ2v) is 8.61. The summed E-state index contributed by atoms with van der Waals surface area (Å²) in [6.45, 7) is 4.37. The predicted molar refractivity (Wildman–Crippen MR) is 118 cm³/mol. The number of unbranched alkanes of at least 4 members (excludes halogenated alkanes) is 1. The van der Waals surface area contributed by atoms with E-state index < -0.39 is 4.92 Å². The minimum Gasteiger partial charge on any atom is -0.455 e. The Kier molecular flexibility index (Phi) is 8.26. The molecule has 31 heavy (non-hydrogen) atoms. The average molecular weight is 432 g/mol. The van der Waals surface area contributed by atoms with Gasteiger partial charge in [0.25, 0.3) is 11.6 Å². The molecule has 1 saturated heterocycles. The fourth-order valence-corrected chi connectivity index (χ4v) is 4.52. The van der Waals surface area contributed by atoms with Crippen LogP contribution in [0.15, 0.2) is 24.3 Å². The van der Waals surface area contributed by atoms with Gasteiger partial charge in [0, 0.05) is 44.0 Å². The molecule has 3 rings (SSSR count). The van der Waals surface area contributed by atoms with Crippen LogP contribution >= 0.6 is 0 Å². The molecular weight excluding hydrogens is 398 g/mol. The minimum absolute atomic E-state index is 0.0637. The minimum atomic E-state index is -0.417. The Morgan fingerprint density at radius 2 is 1.71 bits per heavy atom. The number of esters is 1. The van der Waals surface area contributed by atoms with Crippen LogP contribution in [0, 0.1) is 22.0 Å². The molecule has 0 unspecified atom stereocenters. The number of nitro groups is 1. The number of nitro benzene ring substituents is 1. The van der Waals surface area contributed by atoms with Gasteiger partial charge in [-0.05, 0) is 43.7 Å². The second kappa shape index (κ2) is 11.1. The third-order valence-electron chi connectivity index (χ3n) is 6.54. The molecule has 1 aliphatic carbocycles. The molecule has 1 amide bonds. The summed E-state index contributed by atoms with van der Waals surface area (Å²) in [4.78, 5) is 39.0. The smallest absolute Gasteiger partial charge is 0.309 e. The number of non-ortho nitro benzene ring substituents is 1. The Bertz CT molecular complexity index is 751. The highest BCUT2D eigenvalue weighted by atomic mass is 16.6. The molecule has 1 aromatic carbocycles. The quantitative estimate of drug-likeness (QED) is 0.353. The summed E-state index contributed by atoms with van der Waals surface area (Å²) in [5.41, 5.74) is 0.965. The molecule has 0 spiro atoms. The van der Waals surface area contributed by atoms with Crippen LogP contribution in [0.2, 0.25) is 0 Å². The molecular formula is C23H33N3O5. The topological polar surface area (TPSA) is 93.0 Å². The van der Waals surface area contributed by atoms with Crippen LogP contribution in [0.3, 0.4) is 0 Å². The molecule has 0 atom stereocenters. The van der Waals surface area contributed by atoms with Crippen LogP contribution in [0.4, 0.5) is 11.4 Å². The number of carbonyl (C=O) groups excluding carboxylic acids is 2. The maximum atomic E-state index is 12.5. The van der Waals surface area contributed by atoms with Gasteiger partial charge >= 0.3 is 5.97 Å². The van der Waals surface area contributed by atoms with Crippen LogP contribution in [-0.4, -0.2) is 54.5 Å². The lowest BCUT2D eigenvalue weighted by Gasteiger charge is -2.36. The normalized spacial score (nSPS) is 21.6. The molecule has 170 valence electrons. The highest BCUT2D eigenvalue weighted by Gasteiger charge is 2.28. The van der Waals surface area contributed by atoms with E-state index in [0.29, 0.717) is 26.2 Å². The van der Waals surface area contributed by atoms with Crippen molar-refractivity contribution in [2.24, 2.45) is 11.8 Å². The van der Waals surface area contributed by atoms with Gasteiger partial charge in [0.1, 0.15) is 0 Å². The zero-order valence-corrected chi connectivity index (χ0v) is 18.3. The molecule has 1 aromatic rings. The van der Waals surface area contributed by atoms with E-state index in [9.17, 15) is 19.7 Å². The average Bonchev–Trinajstić information content (AvgIpc) is 2.81. The van der Waals surface area contributed by atoms with E-state index in [1.807, 2.05) is 0 Å². The number of piperazine rings is 1. The number of amides is 1. The van der Waals surface area contributed by atoms with Crippen LogP contribution in [-0.2, 0) is 14.3 Å². The lowest BCUT2D eigenvalue weighted by molar-refractivity contribution is -0.384. The van der Waals surface area contributed by atoms with Crippen molar-refractivity contribution in [2.45, 2.75) is 51.9 Å². The van der Waals surface area contributed by atoms with Gasteiger partial charge in [-0.1, -0.05) is 26.2 Å². The van der Waals surface area contributed by atoms with Crippen molar-refractivity contribution in [1.82, 2.24) is 4.90 Å². The van der Waals surface area contributed by atoms with Gasteiger partial charge in [-0.2, -0.15) is 0 Å². The van der Waals surface area contributed by atoms with E-state index in [0.717, 1.165) is 37.3 Å². The number of hydrogen-bond donors (Lipinski definition) is 0. The van der Waals surface area contributed by atoms with E-state index in [-0.39, 0.29) is 30.1 Å². The predicted octanol–water partition coefficient (Wildman–Crippen LogP) is 3.78. The summed E-state index contributed by atoms with van der Waals surface area (Å²) in [5, 5.41) is 10.8. The summed E-state index contributed by atoms with van der Waals surface area (Å²) in [6, 6.07) is 6.44. The second-order valence-electron chi connectivity index (χ2n) is 8.61.